The highest BCUT2D eigenvalue weighted by Crippen LogP contribution is 2.25. The van der Waals surface area contributed by atoms with Crippen LogP contribution in [0.15, 0.2) is 6.07 Å². The summed E-state index contributed by atoms with van der Waals surface area (Å²) in [6.45, 7) is 4.81. The molecule has 0 aliphatic carbocycles. The van der Waals surface area contributed by atoms with Crippen molar-refractivity contribution in [1.29, 1.82) is 0 Å². The molecule has 0 bridgehead atoms. The molecule has 4 nitrogen and oxygen atoms in total. The SMILES string of the molecule is CNCCCc1nc(C)cc(C2CCOCC2)n1. The van der Waals surface area contributed by atoms with Gasteiger partial charge >= 0.3 is 0 Å². The van der Waals surface area contributed by atoms with Gasteiger partial charge in [-0.1, -0.05) is 0 Å². The number of nitrogens with zero attached hydrogens (tertiary/aromatic N) is 2. The standard InChI is InChI=1S/C14H23N3O/c1-11-10-13(12-5-8-18-9-6-12)17-14(16-11)4-3-7-15-2/h10,12,15H,3-9H2,1-2H3. The van der Waals surface area contributed by atoms with Gasteiger partial charge in [-0.15, -0.1) is 0 Å². The third-order valence-electron chi connectivity index (χ3n) is 3.39. The zero-order valence-corrected chi connectivity index (χ0v) is 11.4. The van der Waals surface area contributed by atoms with Crippen LogP contribution in [0.3, 0.4) is 0 Å². The molecule has 1 fully saturated rings. The van der Waals surface area contributed by atoms with Crippen LogP contribution in [0, 0.1) is 6.92 Å². The molecule has 1 aromatic heterocycles. The maximum atomic E-state index is 5.41. The fourth-order valence-corrected chi connectivity index (χ4v) is 2.39. The maximum absolute atomic E-state index is 5.41. The monoisotopic (exact) mass is 249 g/mol. The molecule has 0 unspecified atom stereocenters. The van der Waals surface area contributed by atoms with Gasteiger partial charge in [0.2, 0.25) is 0 Å². The lowest BCUT2D eigenvalue weighted by Gasteiger charge is -2.22. The Morgan fingerprint density at radius 2 is 2.11 bits per heavy atom. The maximum Gasteiger partial charge on any atom is 0.128 e. The molecule has 1 aliphatic rings. The summed E-state index contributed by atoms with van der Waals surface area (Å²) in [6.07, 6.45) is 4.23. The Morgan fingerprint density at radius 1 is 1.33 bits per heavy atom. The summed E-state index contributed by atoms with van der Waals surface area (Å²) in [5.41, 5.74) is 2.30. The van der Waals surface area contributed by atoms with Crippen LogP contribution >= 0.6 is 0 Å². The predicted octanol–water partition coefficient (Wildman–Crippen LogP) is 1.83. The summed E-state index contributed by atoms with van der Waals surface area (Å²) < 4.78 is 5.41. The number of nitrogens with one attached hydrogen (secondary N) is 1. The molecule has 1 saturated heterocycles. The first-order valence-corrected chi connectivity index (χ1v) is 6.86. The van der Waals surface area contributed by atoms with E-state index in [4.69, 9.17) is 9.72 Å². The minimum absolute atomic E-state index is 0.559. The topological polar surface area (TPSA) is 47.0 Å². The Morgan fingerprint density at radius 3 is 2.83 bits per heavy atom. The molecule has 1 aromatic rings. The Balaban J connectivity index is 2.05. The molecule has 0 aromatic carbocycles. The normalized spacial score (nSPS) is 17.0. The van der Waals surface area contributed by atoms with E-state index in [2.05, 4.69) is 23.3 Å². The molecular weight excluding hydrogens is 226 g/mol. The number of aryl methyl sites for hydroxylation is 2. The van der Waals surface area contributed by atoms with E-state index in [1.165, 1.54) is 5.69 Å². The third kappa shape index (κ3) is 3.75. The minimum Gasteiger partial charge on any atom is -0.381 e. The minimum atomic E-state index is 0.559. The fourth-order valence-electron chi connectivity index (χ4n) is 2.39. The molecule has 1 N–H and O–H groups in total. The van der Waals surface area contributed by atoms with Crippen molar-refractivity contribution in [1.82, 2.24) is 15.3 Å². The molecule has 4 heteroatoms. The van der Waals surface area contributed by atoms with Crippen molar-refractivity contribution in [3.8, 4) is 0 Å². The van der Waals surface area contributed by atoms with Crippen LogP contribution in [0.2, 0.25) is 0 Å². The molecule has 100 valence electrons. The van der Waals surface area contributed by atoms with Gasteiger partial charge in [0.25, 0.3) is 0 Å². The number of ether oxygens (including phenoxy) is 1. The fraction of sp³-hybridized carbons (Fsp3) is 0.714. The van der Waals surface area contributed by atoms with Crippen LogP contribution < -0.4 is 5.32 Å². The Bertz CT molecular complexity index is 375. The van der Waals surface area contributed by atoms with Crippen LogP contribution in [-0.2, 0) is 11.2 Å². The van der Waals surface area contributed by atoms with E-state index in [0.717, 1.165) is 57.0 Å². The highest BCUT2D eigenvalue weighted by molar-refractivity contribution is 5.15. The van der Waals surface area contributed by atoms with E-state index < -0.39 is 0 Å². The molecular formula is C14H23N3O. The van der Waals surface area contributed by atoms with E-state index in [1.54, 1.807) is 0 Å². The van der Waals surface area contributed by atoms with Gasteiger partial charge in [-0.25, -0.2) is 9.97 Å². The largest absolute Gasteiger partial charge is 0.381 e. The number of aromatic nitrogens is 2. The van der Waals surface area contributed by atoms with Crippen molar-refractivity contribution in [2.45, 2.75) is 38.5 Å². The highest BCUT2D eigenvalue weighted by Gasteiger charge is 2.18. The molecule has 1 aliphatic heterocycles. The van der Waals surface area contributed by atoms with Gasteiger partial charge in [-0.3, -0.25) is 0 Å². The summed E-state index contributed by atoms with van der Waals surface area (Å²) in [6, 6.07) is 2.14. The highest BCUT2D eigenvalue weighted by atomic mass is 16.5. The summed E-state index contributed by atoms with van der Waals surface area (Å²) in [4.78, 5) is 9.26. The zero-order valence-electron chi connectivity index (χ0n) is 11.4. The van der Waals surface area contributed by atoms with Gasteiger partial charge in [0, 0.05) is 36.9 Å². The Hall–Kier alpha value is -1.00. The smallest absolute Gasteiger partial charge is 0.128 e. The van der Waals surface area contributed by atoms with E-state index in [0.29, 0.717) is 5.92 Å². The number of rotatable bonds is 5. The molecule has 18 heavy (non-hydrogen) atoms. The molecule has 0 amide bonds. The first kappa shape index (κ1) is 13.4. The van der Waals surface area contributed by atoms with Crippen LogP contribution in [-0.4, -0.2) is 36.8 Å². The molecule has 2 heterocycles. The van der Waals surface area contributed by atoms with Crippen LogP contribution in [0.5, 0.6) is 0 Å². The summed E-state index contributed by atoms with van der Waals surface area (Å²) in [5.74, 6) is 1.55. The lowest BCUT2D eigenvalue weighted by atomic mass is 9.96. The molecule has 2 rings (SSSR count). The molecule has 0 spiro atoms. The second kappa shape index (κ2) is 6.81. The van der Waals surface area contributed by atoms with E-state index >= 15 is 0 Å². The van der Waals surface area contributed by atoms with Gasteiger partial charge < -0.3 is 10.1 Å². The van der Waals surface area contributed by atoms with Gasteiger partial charge in [-0.2, -0.15) is 0 Å². The average molecular weight is 249 g/mol. The van der Waals surface area contributed by atoms with Gasteiger partial charge in [-0.05, 0) is 45.8 Å². The summed E-state index contributed by atoms with van der Waals surface area (Å²) >= 11 is 0. The molecule has 0 radical (unpaired) electrons. The van der Waals surface area contributed by atoms with Crippen molar-refractivity contribution >= 4 is 0 Å². The van der Waals surface area contributed by atoms with Gasteiger partial charge in [0.05, 0.1) is 0 Å². The van der Waals surface area contributed by atoms with Crippen LogP contribution in [0.4, 0.5) is 0 Å². The second-order valence-electron chi connectivity index (χ2n) is 4.94. The van der Waals surface area contributed by atoms with Crippen LogP contribution in [0.25, 0.3) is 0 Å². The predicted molar refractivity (Wildman–Crippen MR) is 71.8 cm³/mol. The lowest BCUT2D eigenvalue weighted by Crippen LogP contribution is -2.17. The summed E-state index contributed by atoms with van der Waals surface area (Å²) in [7, 11) is 1.98. The average Bonchev–Trinajstić information content (AvgIpc) is 2.39. The molecule has 0 atom stereocenters. The lowest BCUT2D eigenvalue weighted by molar-refractivity contribution is 0.0844. The van der Waals surface area contributed by atoms with Gasteiger partial charge in [0.1, 0.15) is 5.82 Å². The van der Waals surface area contributed by atoms with Crippen molar-refractivity contribution in [3.63, 3.8) is 0 Å². The quantitative estimate of drug-likeness (QED) is 0.809. The van der Waals surface area contributed by atoms with E-state index in [1.807, 2.05) is 7.05 Å². The van der Waals surface area contributed by atoms with Crippen molar-refractivity contribution in [2.75, 3.05) is 26.8 Å². The Kier molecular flexibility index (Phi) is 5.08. The third-order valence-corrected chi connectivity index (χ3v) is 3.39. The second-order valence-corrected chi connectivity index (χ2v) is 4.94. The van der Waals surface area contributed by atoms with Crippen molar-refractivity contribution in [3.05, 3.63) is 23.3 Å². The van der Waals surface area contributed by atoms with E-state index in [-0.39, 0.29) is 0 Å². The van der Waals surface area contributed by atoms with Gasteiger partial charge in [0.15, 0.2) is 0 Å². The van der Waals surface area contributed by atoms with Crippen LogP contribution in [0.1, 0.15) is 42.4 Å². The van der Waals surface area contributed by atoms with Crippen molar-refractivity contribution < 1.29 is 4.74 Å². The number of hydrogen-bond donors (Lipinski definition) is 1. The van der Waals surface area contributed by atoms with E-state index in [9.17, 15) is 0 Å². The number of hydrogen-bond acceptors (Lipinski definition) is 4. The first-order valence-electron chi connectivity index (χ1n) is 6.86. The van der Waals surface area contributed by atoms with Crippen molar-refractivity contribution in [2.24, 2.45) is 0 Å². The first-order chi connectivity index (χ1) is 8.79. The molecule has 0 saturated carbocycles. The Labute approximate surface area is 109 Å². The zero-order chi connectivity index (χ0) is 12.8. The summed E-state index contributed by atoms with van der Waals surface area (Å²) in [5, 5.41) is 3.16.